The van der Waals surface area contributed by atoms with Crippen LogP contribution in [0, 0.1) is 6.92 Å². The first-order chi connectivity index (χ1) is 17.2. The highest BCUT2D eigenvalue weighted by molar-refractivity contribution is 5.96. The third-order valence-electron chi connectivity index (χ3n) is 6.62. The minimum absolute atomic E-state index is 0.747. The van der Waals surface area contributed by atoms with Crippen LogP contribution in [0.2, 0.25) is 0 Å². The van der Waals surface area contributed by atoms with E-state index in [9.17, 15) is 0 Å². The molecule has 0 saturated carbocycles. The van der Waals surface area contributed by atoms with Crippen molar-refractivity contribution in [2.24, 2.45) is 0 Å². The van der Waals surface area contributed by atoms with Crippen molar-refractivity contribution in [2.75, 3.05) is 5.32 Å². The zero-order valence-corrected chi connectivity index (χ0v) is 19.8. The van der Waals surface area contributed by atoms with Crippen LogP contribution in [-0.4, -0.2) is 25.1 Å². The lowest BCUT2D eigenvalue weighted by Crippen LogP contribution is -2.04. The highest BCUT2D eigenvalue weighted by Gasteiger charge is 2.15. The Morgan fingerprint density at radius 2 is 1.86 bits per heavy atom. The fourth-order valence-electron chi connectivity index (χ4n) is 4.62. The standard InChI is InChI=1S/C29H26N6/c1-3-19-13-21(16-31-22-7-6-12-30-17-22)18(2)23(14-19)20-10-11-25-24(15-20)28(35-34-25)29-32-26-8-4-5-9-27(26)33-29/h4-15,17,31H,3,16H2,1-2H3,(H,32,33)(H,34,35). The Morgan fingerprint density at radius 1 is 0.943 bits per heavy atom. The Bertz CT molecular complexity index is 1610. The number of nitrogens with one attached hydrogen (secondary N) is 3. The number of aromatic amines is 2. The third kappa shape index (κ3) is 3.93. The number of hydrogen-bond acceptors (Lipinski definition) is 4. The fraction of sp³-hybridized carbons (Fsp3) is 0.138. The molecule has 6 rings (SSSR count). The first kappa shape index (κ1) is 21.1. The topological polar surface area (TPSA) is 82.3 Å². The Labute approximate surface area is 203 Å². The van der Waals surface area contributed by atoms with Crippen LogP contribution in [0.25, 0.3) is 44.6 Å². The molecule has 0 radical (unpaired) electrons. The Hall–Kier alpha value is -4.45. The van der Waals surface area contributed by atoms with Gasteiger partial charge in [0.05, 0.1) is 22.2 Å². The van der Waals surface area contributed by atoms with E-state index in [0.717, 1.165) is 52.1 Å². The molecule has 0 aliphatic heterocycles. The molecule has 0 aliphatic carbocycles. The number of nitrogens with zero attached hydrogens (tertiary/aromatic N) is 3. The predicted molar refractivity (Wildman–Crippen MR) is 142 cm³/mol. The summed E-state index contributed by atoms with van der Waals surface area (Å²) in [7, 11) is 0. The van der Waals surface area contributed by atoms with Crippen LogP contribution >= 0.6 is 0 Å². The van der Waals surface area contributed by atoms with Crippen LogP contribution in [0.4, 0.5) is 5.69 Å². The lowest BCUT2D eigenvalue weighted by molar-refractivity contribution is 1.07. The maximum absolute atomic E-state index is 4.77. The third-order valence-corrected chi connectivity index (χ3v) is 6.62. The number of H-pyrrole nitrogens is 2. The predicted octanol–water partition coefficient (Wildman–Crippen LogP) is 6.65. The summed E-state index contributed by atoms with van der Waals surface area (Å²) in [6.45, 7) is 5.15. The van der Waals surface area contributed by atoms with Gasteiger partial charge in [-0.2, -0.15) is 5.10 Å². The molecule has 3 aromatic carbocycles. The highest BCUT2D eigenvalue weighted by Crippen LogP contribution is 2.33. The molecule has 3 N–H and O–H groups in total. The van der Waals surface area contributed by atoms with Gasteiger partial charge in [-0.3, -0.25) is 10.1 Å². The summed E-state index contributed by atoms with van der Waals surface area (Å²) in [5.41, 5.74) is 11.1. The van der Waals surface area contributed by atoms with Crippen molar-refractivity contribution >= 4 is 27.6 Å². The molecule has 6 aromatic rings. The molecule has 0 spiro atoms. The number of aromatic nitrogens is 5. The molecule has 0 atom stereocenters. The highest BCUT2D eigenvalue weighted by atomic mass is 15.1. The lowest BCUT2D eigenvalue weighted by Gasteiger charge is -2.16. The van der Waals surface area contributed by atoms with Crippen molar-refractivity contribution in [1.29, 1.82) is 0 Å². The summed E-state index contributed by atoms with van der Waals surface area (Å²) in [5, 5.41) is 12.3. The summed E-state index contributed by atoms with van der Waals surface area (Å²) in [6.07, 6.45) is 4.62. The van der Waals surface area contributed by atoms with E-state index in [4.69, 9.17) is 4.98 Å². The zero-order chi connectivity index (χ0) is 23.8. The summed E-state index contributed by atoms with van der Waals surface area (Å²) in [5.74, 6) is 0.773. The van der Waals surface area contributed by atoms with Crippen LogP contribution in [0.15, 0.2) is 79.1 Å². The van der Waals surface area contributed by atoms with Crippen molar-refractivity contribution in [3.63, 3.8) is 0 Å². The van der Waals surface area contributed by atoms with Gasteiger partial charge in [0.15, 0.2) is 5.82 Å². The van der Waals surface area contributed by atoms with Gasteiger partial charge in [-0.25, -0.2) is 4.98 Å². The van der Waals surface area contributed by atoms with E-state index in [1.165, 1.54) is 27.8 Å². The number of fused-ring (bicyclic) bond motifs is 2. The number of hydrogen-bond donors (Lipinski definition) is 3. The minimum Gasteiger partial charge on any atom is -0.380 e. The summed E-state index contributed by atoms with van der Waals surface area (Å²) in [4.78, 5) is 12.4. The molecule has 0 amide bonds. The number of anilines is 1. The zero-order valence-electron chi connectivity index (χ0n) is 19.8. The normalized spacial score (nSPS) is 11.4. The van der Waals surface area contributed by atoms with E-state index < -0.39 is 0 Å². The number of benzene rings is 3. The summed E-state index contributed by atoms with van der Waals surface area (Å²) in [6, 6.07) is 23.2. The van der Waals surface area contributed by atoms with Crippen LogP contribution in [0.1, 0.15) is 23.6 Å². The van der Waals surface area contributed by atoms with Crippen LogP contribution in [0.3, 0.4) is 0 Å². The number of pyridine rings is 1. The number of aryl methyl sites for hydroxylation is 1. The Balaban J connectivity index is 1.42. The first-order valence-corrected chi connectivity index (χ1v) is 11.9. The maximum Gasteiger partial charge on any atom is 0.159 e. The van der Waals surface area contributed by atoms with Gasteiger partial charge in [0.2, 0.25) is 0 Å². The average Bonchev–Trinajstić information content (AvgIpc) is 3.52. The number of para-hydroxylation sites is 2. The first-order valence-electron chi connectivity index (χ1n) is 11.9. The number of imidazole rings is 1. The van der Waals surface area contributed by atoms with Gasteiger partial charge in [-0.15, -0.1) is 0 Å². The van der Waals surface area contributed by atoms with E-state index in [0.29, 0.717) is 0 Å². The van der Waals surface area contributed by atoms with Gasteiger partial charge in [-0.1, -0.05) is 37.3 Å². The van der Waals surface area contributed by atoms with E-state index in [1.54, 1.807) is 6.20 Å². The van der Waals surface area contributed by atoms with Gasteiger partial charge in [-0.05, 0) is 77.6 Å². The molecular weight excluding hydrogens is 432 g/mol. The van der Waals surface area contributed by atoms with E-state index >= 15 is 0 Å². The minimum atomic E-state index is 0.747. The largest absolute Gasteiger partial charge is 0.380 e. The maximum atomic E-state index is 4.77. The van der Waals surface area contributed by atoms with Crippen LogP contribution in [0.5, 0.6) is 0 Å². The molecule has 3 aromatic heterocycles. The second-order valence-electron chi connectivity index (χ2n) is 8.81. The Morgan fingerprint density at radius 3 is 2.69 bits per heavy atom. The summed E-state index contributed by atoms with van der Waals surface area (Å²) < 4.78 is 0. The SMILES string of the molecule is CCc1cc(CNc2cccnc2)c(C)c(-c2ccc3[nH]nc(-c4nc5ccccc5[nH]4)c3c2)c1. The van der Waals surface area contributed by atoms with E-state index in [-0.39, 0.29) is 0 Å². The van der Waals surface area contributed by atoms with Crippen molar-refractivity contribution in [1.82, 2.24) is 25.1 Å². The van der Waals surface area contributed by atoms with Crippen LogP contribution < -0.4 is 5.32 Å². The molecular formula is C29H26N6. The van der Waals surface area contributed by atoms with Gasteiger partial charge < -0.3 is 10.3 Å². The molecule has 0 saturated heterocycles. The molecule has 0 unspecified atom stereocenters. The second kappa shape index (κ2) is 8.72. The molecule has 35 heavy (non-hydrogen) atoms. The van der Waals surface area contributed by atoms with Gasteiger partial charge in [0, 0.05) is 24.3 Å². The smallest absolute Gasteiger partial charge is 0.159 e. The molecule has 0 bridgehead atoms. The molecule has 0 aliphatic rings. The van der Waals surface area contributed by atoms with Crippen molar-refractivity contribution in [2.45, 2.75) is 26.8 Å². The van der Waals surface area contributed by atoms with Crippen molar-refractivity contribution < 1.29 is 0 Å². The van der Waals surface area contributed by atoms with Crippen LogP contribution in [-0.2, 0) is 13.0 Å². The van der Waals surface area contributed by atoms with E-state index in [1.807, 2.05) is 42.6 Å². The molecule has 6 heteroatoms. The molecule has 3 heterocycles. The number of rotatable bonds is 6. The van der Waals surface area contributed by atoms with Gasteiger partial charge in [0.1, 0.15) is 5.69 Å². The van der Waals surface area contributed by atoms with E-state index in [2.05, 4.69) is 69.7 Å². The monoisotopic (exact) mass is 458 g/mol. The fourth-order valence-corrected chi connectivity index (χ4v) is 4.62. The van der Waals surface area contributed by atoms with Gasteiger partial charge >= 0.3 is 0 Å². The van der Waals surface area contributed by atoms with Crippen molar-refractivity contribution in [3.05, 3.63) is 95.8 Å². The van der Waals surface area contributed by atoms with Crippen molar-refractivity contribution in [3.8, 4) is 22.6 Å². The molecule has 0 fully saturated rings. The summed E-state index contributed by atoms with van der Waals surface area (Å²) >= 11 is 0. The lowest BCUT2D eigenvalue weighted by atomic mass is 9.92. The average molecular weight is 459 g/mol. The molecule has 6 nitrogen and oxygen atoms in total. The van der Waals surface area contributed by atoms with Gasteiger partial charge in [0.25, 0.3) is 0 Å². The second-order valence-corrected chi connectivity index (χ2v) is 8.81. The quantitative estimate of drug-likeness (QED) is 0.261. The molecule has 172 valence electrons. The Kier molecular flexibility index (Phi) is 5.26.